The number of para-hydroxylation sites is 1. The molecule has 3 N–H and O–H groups in total. The van der Waals surface area contributed by atoms with Crippen LogP contribution in [0, 0.1) is 11.2 Å². The molecule has 1 heterocycles. The van der Waals surface area contributed by atoms with Crippen molar-refractivity contribution < 1.29 is 4.39 Å². The van der Waals surface area contributed by atoms with E-state index in [1.165, 1.54) is 43.9 Å². The topological polar surface area (TPSA) is 51.2 Å². The molecule has 0 amide bonds. The van der Waals surface area contributed by atoms with Crippen molar-refractivity contribution in [1.82, 2.24) is 10.2 Å². The molecule has 0 bridgehead atoms. The highest BCUT2D eigenvalue weighted by Crippen LogP contribution is 2.40. The third-order valence-electron chi connectivity index (χ3n) is 7.08. The molecule has 1 aliphatic heterocycles. The molecule has 1 aliphatic carbocycles. The molecule has 0 radical (unpaired) electrons. The van der Waals surface area contributed by atoms with Crippen LogP contribution >= 0.6 is 0 Å². The van der Waals surface area contributed by atoms with Crippen LogP contribution in [0.1, 0.15) is 54.7 Å². The Labute approximate surface area is 234 Å². The summed E-state index contributed by atoms with van der Waals surface area (Å²) >= 11 is 0. The van der Waals surface area contributed by atoms with E-state index in [4.69, 9.17) is 5.41 Å². The van der Waals surface area contributed by atoms with Crippen LogP contribution in [0.3, 0.4) is 0 Å². The zero-order chi connectivity index (χ0) is 28.0. The minimum atomic E-state index is -0.0370. The number of hydrogen-bond acceptors (Lipinski definition) is 4. The zero-order valence-electron chi connectivity index (χ0n) is 23.4. The predicted octanol–water partition coefficient (Wildman–Crippen LogP) is 7.76. The average Bonchev–Trinajstić information content (AvgIpc) is 3.72. The summed E-state index contributed by atoms with van der Waals surface area (Å²) in [4.78, 5) is 2.38. The lowest BCUT2D eigenvalue weighted by atomic mass is 10.1. The minimum Gasteiger partial charge on any atom is -0.388 e. The first-order chi connectivity index (χ1) is 18.9. The molecule has 39 heavy (non-hydrogen) atoms. The van der Waals surface area contributed by atoms with E-state index >= 15 is 0 Å². The summed E-state index contributed by atoms with van der Waals surface area (Å²) in [5.41, 5.74) is 5.91. The number of likely N-dealkylation sites (N-methyl/N-ethyl adjacent to an activating group) is 1. The van der Waals surface area contributed by atoms with Gasteiger partial charge >= 0.3 is 0 Å². The zero-order valence-corrected chi connectivity index (χ0v) is 23.4. The first-order valence-corrected chi connectivity index (χ1v) is 13.8. The molecule has 1 saturated carbocycles. The first-order valence-electron chi connectivity index (χ1n) is 13.8. The number of benzene rings is 3. The largest absolute Gasteiger partial charge is 0.388 e. The molecule has 5 rings (SSSR count). The van der Waals surface area contributed by atoms with Crippen molar-refractivity contribution in [2.24, 2.45) is 0 Å². The van der Waals surface area contributed by atoms with Crippen LogP contribution < -0.4 is 10.6 Å². The summed E-state index contributed by atoms with van der Waals surface area (Å²) in [5, 5.41) is 14.3. The number of likely N-dealkylation sites (tertiary alicyclic amines) is 1. The van der Waals surface area contributed by atoms with Crippen molar-refractivity contribution in [3.05, 3.63) is 126 Å². The highest BCUT2D eigenvalue weighted by molar-refractivity contribution is 6.03. The lowest BCUT2D eigenvalue weighted by Crippen LogP contribution is -2.32. The third-order valence-corrected chi connectivity index (χ3v) is 7.08. The average molecular weight is 527 g/mol. The molecule has 3 aromatic rings. The molecule has 0 aromatic heterocycles. The quantitative estimate of drug-likeness (QED) is 0.197. The van der Waals surface area contributed by atoms with E-state index in [1.54, 1.807) is 12.1 Å². The van der Waals surface area contributed by atoms with Gasteiger partial charge in [-0.3, -0.25) is 4.90 Å². The summed E-state index contributed by atoms with van der Waals surface area (Å²) in [6.07, 6.45) is 7.21. The number of rotatable bonds is 9. The minimum absolute atomic E-state index is 0.0370. The van der Waals surface area contributed by atoms with Crippen LogP contribution in [0.25, 0.3) is 0 Å². The van der Waals surface area contributed by atoms with Crippen LogP contribution in [0.2, 0.25) is 0 Å². The van der Waals surface area contributed by atoms with Gasteiger partial charge in [0.1, 0.15) is 5.82 Å². The fourth-order valence-electron chi connectivity index (χ4n) is 4.70. The molecular weight excluding hydrogens is 483 g/mol. The van der Waals surface area contributed by atoms with Gasteiger partial charge in [-0.1, -0.05) is 79.4 Å². The Morgan fingerprint density at radius 1 is 1.00 bits per heavy atom. The van der Waals surface area contributed by atoms with Crippen LogP contribution in [0.15, 0.2) is 104 Å². The Kier molecular flexibility index (Phi) is 12.0. The predicted molar refractivity (Wildman–Crippen MR) is 164 cm³/mol. The van der Waals surface area contributed by atoms with E-state index in [0.717, 1.165) is 29.1 Å². The second-order valence-electron chi connectivity index (χ2n) is 10.1. The maximum absolute atomic E-state index is 12.9. The monoisotopic (exact) mass is 526 g/mol. The van der Waals surface area contributed by atoms with Crippen molar-refractivity contribution in [1.29, 1.82) is 5.41 Å². The molecule has 2 fully saturated rings. The van der Waals surface area contributed by atoms with E-state index in [2.05, 4.69) is 60.0 Å². The Balaban J connectivity index is 0.000000166. The lowest BCUT2D eigenvalue weighted by Gasteiger charge is -2.22. The highest BCUT2D eigenvalue weighted by Gasteiger charge is 2.25. The van der Waals surface area contributed by atoms with Crippen molar-refractivity contribution in [2.75, 3.05) is 26.0 Å². The maximum Gasteiger partial charge on any atom is 0.126 e. The van der Waals surface area contributed by atoms with Crippen LogP contribution in [-0.4, -0.2) is 37.3 Å². The van der Waals surface area contributed by atoms with Gasteiger partial charge in [-0.25, -0.2) is 4.39 Å². The van der Waals surface area contributed by atoms with E-state index < -0.39 is 0 Å². The van der Waals surface area contributed by atoms with Gasteiger partial charge in [0.2, 0.25) is 0 Å². The number of nitrogens with one attached hydrogen (secondary N) is 3. The lowest BCUT2D eigenvalue weighted by molar-refractivity contribution is 0.334. The molecular formula is C34H43FN4. The van der Waals surface area contributed by atoms with Gasteiger partial charge in [0, 0.05) is 48.7 Å². The van der Waals surface area contributed by atoms with Gasteiger partial charge in [0.25, 0.3) is 0 Å². The van der Waals surface area contributed by atoms with Gasteiger partial charge in [0.15, 0.2) is 0 Å². The fourth-order valence-corrected chi connectivity index (χ4v) is 4.70. The van der Waals surface area contributed by atoms with Crippen LogP contribution in [0.4, 0.5) is 10.1 Å². The van der Waals surface area contributed by atoms with Gasteiger partial charge in [-0.15, -0.1) is 6.58 Å². The summed E-state index contributed by atoms with van der Waals surface area (Å²) in [5.74, 6) is 0.492. The third kappa shape index (κ3) is 9.52. The van der Waals surface area contributed by atoms with Gasteiger partial charge < -0.3 is 16.0 Å². The molecule has 1 unspecified atom stereocenters. The van der Waals surface area contributed by atoms with E-state index in [-0.39, 0.29) is 5.82 Å². The van der Waals surface area contributed by atoms with Gasteiger partial charge in [0.05, 0.1) is 0 Å². The fraction of sp³-hybridized carbons (Fsp3) is 0.324. The van der Waals surface area contributed by atoms with Crippen molar-refractivity contribution in [2.45, 2.75) is 50.6 Å². The highest BCUT2D eigenvalue weighted by atomic mass is 19.1. The summed E-state index contributed by atoms with van der Waals surface area (Å²) in [6, 6.07) is 25.8. The number of allylic oxidation sites excluding steroid dienone is 1. The molecule has 3 aromatic carbocycles. The van der Waals surface area contributed by atoms with Crippen LogP contribution in [0.5, 0.6) is 0 Å². The summed E-state index contributed by atoms with van der Waals surface area (Å²) < 4.78 is 12.9. The molecule has 1 atom stereocenters. The Hall–Kier alpha value is -3.70. The van der Waals surface area contributed by atoms with E-state index in [9.17, 15) is 4.39 Å². The van der Waals surface area contributed by atoms with Gasteiger partial charge in [-0.2, -0.15) is 0 Å². The van der Waals surface area contributed by atoms with Crippen LogP contribution in [-0.2, 0) is 6.54 Å². The number of halogens is 1. The number of hydrogen-bond donors (Lipinski definition) is 3. The normalized spacial score (nSPS) is 16.1. The Morgan fingerprint density at radius 2 is 1.67 bits per heavy atom. The molecule has 2 aliphatic rings. The van der Waals surface area contributed by atoms with E-state index in [0.29, 0.717) is 24.1 Å². The van der Waals surface area contributed by atoms with Crippen molar-refractivity contribution in [3.8, 4) is 0 Å². The first kappa shape index (κ1) is 29.9. The van der Waals surface area contributed by atoms with Crippen molar-refractivity contribution >= 4 is 11.4 Å². The summed E-state index contributed by atoms with van der Waals surface area (Å²) in [7, 11) is 4.03. The molecule has 1 saturated heterocycles. The van der Waals surface area contributed by atoms with Gasteiger partial charge in [-0.05, 0) is 68.5 Å². The second-order valence-corrected chi connectivity index (χ2v) is 10.1. The molecule has 4 nitrogen and oxygen atoms in total. The maximum atomic E-state index is 12.9. The SMILES string of the molecule is C=C(NCc1ccccc1)C1CCCN1C.C=CCC(=N)c1ccccc1NC.Fc1ccccc1C1CC1. The molecule has 5 heteroatoms. The Bertz CT molecular complexity index is 1200. The smallest absolute Gasteiger partial charge is 0.126 e. The number of anilines is 1. The Morgan fingerprint density at radius 3 is 2.28 bits per heavy atom. The number of nitrogens with zero attached hydrogens (tertiary/aromatic N) is 1. The second kappa shape index (κ2) is 15.6. The standard InChI is InChI=1S/C14H20N2.C11H14N2.C9H9F/c1-12(14-9-6-10-16(14)2)15-11-13-7-4-3-5-8-13;1-3-6-10(12)9-7-4-5-8-11(9)13-2;10-9-4-2-1-3-8(9)7-5-6-7/h3-5,7-8,14-15H,1,6,9-11H2,2H3;3-5,7-8,12-13H,1,6H2,2H3;1-4,7H,5-6H2. The summed E-state index contributed by atoms with van der Waals surface area (Å²) in [6.45, 7) is 9.84. The molecule has 206 valence electrons. The van der Waals surface area contributed by atoms with E-state index in [1.807, 2.05) is 49.5 Å². The van der Waals surface area contributed by atoms with Crippen molar-refractivity contribution in [3.63, 3.8) is 0 Å². The molecule has 0 spiro atoms.